The first-order valence-electron chi connectivity index (χ1n) is 18.6. The molecule has 0 unspecified atom stereocenters. The van der Waals surface area contributed by atoms with Gasteiger partial charge in [-0.2, -0.15) is 0 Å². The highest BCUT2D eigenvalue weighted by Crippen LogP contribution is 2.42. The van der Waals surface area contributed by atoms with E-state index in [-0.39, 0.29) is 0 Å². The fourth-order valence-electron chi connectivity index (χ4n) is 8.09. The molecule has 7 aromatic carbocycles. The summed E-state index contributed by atoms with van der Waals surface area (Å²) in [5.74, 6) is 0. The Morgan fingerprint density at radius 3 is 1.94 bits per heavy atom. The summed E-state index contributed by atoms with van der Waals surface area (Å²) in [5.41, 5.74) is 8.73. The van der Waals surface area contributed by atoms with Crippen LogP contribution in [-0.4, -0.2) is 32.9 Å². The molecule has 1 N–H and O–H groups in total. The Morgan fingerprint density at radius 1 is 0.537 bits per heavy atom. The average molecular weight is 719 g/mol. The Bertz CT molecular complexity index is 3070. The number of hydrogen-bond acceptors (Lipinski definition) is 3. The fourth-order valence-corrected chi connectivity index (χ4v) is 9.27. The maximum absolute atomic E-state index is 10.9. The van der Waals surface area contributed by atoms with Crippen molar-refractivity contribution in [1.29, 1.82) is 0 Å². The average Bonchev–Trinajstić information content (AvgIpc) is 3.84. The minimum atomic E-state index is -1.00. The van der Waals surface area contributed by atoms with Crippen molar-refractivity contribution in [3.8, 4) is 22.5 Å². The van der Waals surface area contributed by atoms with Gasteiger partial charge in [0.1, 0.15) is 0 Å². The van der Waals surface area contributed by atoms with Crippen molar-refractivity contribution in [2.24, 2.45) is 0 Å². The zero-order valence-electron chi connectivity index (χ0n) is 30.8. The maximum atomic E-state index is 10.9. The van der Waals surface area contributed by atoms with Gasteiger partial charge in [0.15, 0.2) is 0 Å². The molecule has 0 aliphatic heterocycles. The molecular weight excluding hydrogens is 679 g/mol. The van der Waals surface area contributed by atoms with Crippen LogP contribution in [-0.2, 0) is 4.65 Å². The van der Waals surface area contributed by atoms with Gasteiger partial charge in [0.25, 0.3) is 0 Å². The lowest BCUT2D eigenvalue weighted by Gasteiger charge is -2.37. The van der Waals surface area contributed by atoms with Crippen LogP contribution >= 0.6 is 11.3 Å². The molecule has 0 aliphatic carbocycles. The smallest absolute Gasteiger partial charge is 0.310 e. The lowest BCUT2D eigenvalue weighted by Crippen LogP contribution is -2.49. The van der Waals surface area contributed by atoms with E-state index in [2.05, 4.69) is 161 Å². The first kappa shape index (κ1) is 33.0. The highest BCUT2D eigenvalue weighted by Gasteiger charge is 2.36. The summed E-state index contributed by atoms with van der Waals surface area (Å²) in [7, 11) is 0.385. The van der Waals surface area contributed by atoms with Crippen molar-refractivity contribution < 1.29 is 9.76 Å². The molecule has 0 fully saturated rings. The van der Waals surface area contributed by atoms with E-state index in [4.69, 9.17) is 4.65 Å². The minimum Gasteiger partial charge on any atom is -0.427 e. The Hall–Kier alpha value is -5.66. The van der Waals surface area contributed by atoms with Crippen LogP contribution in [0.25, 0.3) is 86.3 Å². The van der Waals surface area contributed by atoms with Gasteiger partial charge in [-0.05, 0) is 105 Å². The number of thiophene rings is 1. The highest BCUT2D eigenvalue weighted by molar-refractivity contribution is 7.27. The number of hydrogen-bond donors (Lipinski definition) is 1. The summed E-state index contributed by atoms with van der Waals surface area (Å²) < 4.78 is 13.8. The molecule has 0 bridgehead atoms. The molecule has 3 heterocycles. The predicted octanol–water partition coefficient (Wildman–Crippen LogP) is 11.5. The Balaban J connectivity index is 1.19. The molecule has 4 nitrogen and oxygen atoms in total. The SMILES string of the molecule is CC(C)(O)C(C)(C)OBc1cc(-n2c3ccccc3c3cc(-c4cccc5c4c4ccccc4n5-c4ccccc4)ccc32)cc2c1sc1ccccc12. The molecule has 54 heavy (non-hydrogen) atoms. The molecule has 0 radical (unpaired) electrons. The highest BCUT2D eigenvalue weighted by atomic mass is 32.1. The van der Waals surface area contributed by atoms with Crippen LogP contribution in [0, 0.1) is 0 Å². The van der Waals surface area contributed by atoms with Crippen LogP contribution in [0.2, 0.25) is 0 Å². The van der Waals surface area contributed by atoms with E-state index in [1.54, 1.807) is 0 Å². The van der Waals surface area contributed by atoms with Gasteiger partial charge < -0.3 is 18.9 Å². The lowest BCUT2D eigenvalue weighted by molar-refractivity contribution is -0.0893. The third-order valence-corrected chi connectivity index (χ3v) is 12.8. The summed E-state index contributed by atoms with van der Waals surface area (Å²) in [6.45, 7) is 7.55. The van der Waals surface area contributed by atoms with Gasteiger partial charge in [-0.3, -0.25) is 0 Å². The second-order valence-corrected chi connectivity index (χ2v) is 16.5. The quantitative estimate of drug-likeness (QED) is 0.167. The summed E-state index contributed by atoms with van der Waals surface area (Å²) in [6.07, 6.45) is 0. The van der Waals surface area contributed by atoms with Gasteiger partial charge in [-0.25, -0.2) is 0 Å². The molecule has 0 saturated carbocycles. The third kappa shape index (κ3) is 5.05. The standard InChI is InChI=1S/C48H39BN2O2S/c1-47(2,52)48(3,4)53-49-39-29-32(28-38-35-18-10-13-24-44(35)54-46(38)39)51-40-21-11-8-17-34(40)37-27-30(25-26-42(37)51)33-20-14-23-43-45(33)36-19-9-12-22-41(36)50(43)31-15-6-5-7-16-31/h5-29,49,52H,1-4H3. The van der Waals surface area contributed by atoms with Crippen LogP contribution in [0.3, 0.4) is 0 Å². The van der Waals surface area contributed by atoms with E-state index in [1.165, 1.54) is 63.9 Å². The summed E-state index contributed by atoms with van der Waals surface area (Å²) in [5, 5.41) is 18.3. The molecule has 0 saturated heterocycles. The van der Waals surface area contributed by atoms with Crippen molar-refractivity contribution in [2.75, 3.05) is 0 Å². The molecule has 0 spiro atoms. The van der Waals surface area contributed by atoms with Gasteiger partial charge in [0, 0.05) is 53.1 Å². The Kier molecular flexibility index (Phi) is 7.44. The second kappa shape index (κ2) is 12.2. The van der Waals surface area contributed by atoms with E-state index in [0.717, 1.165) is 27.9 Å². The zero-order chi connectivity index (χ0) is 36.8. The molecular formula is C48H39BN2O2S. The van der Waals surface area contributed by atoms with Crippen LogP contribution in [0.4, 0.5) is 0 Å². The number of aliphatic hydroxyl groups is 1. The van der Waals surface area contributed by atoms with Gasteiger partial charge in [0.2, 0.25) is 0 Å². The molecule has 0 amide bonds. The second-order valence-electron chi connectivity index (χ2n) is 15.4. The molecule has 262 valence electrons. The van der Waals surface area contributed by atoms with Crippen molar-refractivity contribution in [3.05, 3.63) is 152 Å². The van der Waals surface area contributed by atoms with Crippen LogP contribution in [0.1, 0.15) is 27.7 Å². The largest absolute Gasteiger partial charge is 0.427 e. The predicted molar refractivity (Wildman–Crippen MR) is 232 cm³/mol. The van der Waals surface area contributed by atoms with E-state index in [0.29, 0.717) is 7.48 Å². The monoisotopic (exact) mass is 718 g/mol. The van der Waals surface area contributed by atoms with Gasteiger partial charge in [-0.15, -0.1) is 11.3 Å². The van der Waals surface area contributed by atoms with Crippen molar-refractivity contribution >= 4 is 88.1 Å². The topological polar surface area (TPSA) is 39.3 Å². The number of fused-ring (bicyclic) bond motifs is 9. The first-order valence-corrected chi connectivity index (χ1v) is 19.4. The molecule has 10 rings (SSSR count). The lowest BCUT2D eigenvalue weighted by atomic mass is 9.82. The molecule has 6 heteroatoms. The third-order valence-electron chi connectivity index (χ3n) is 11.6. The van der Waals surface area contributed by atoms with Crippen molar-refractivity contribution in [1.82, 2.24) is 9.13 Å². The van der Waals surface area contributed by atoms with Crippen molar-refractivity contribution in [2.45, 2.75) is 38.9 Å². The zero-order valence-corrected chi connectivity index (χ0v) is 31.6. The van der Waals surface area contributed by atoms with Crippen LogP contribution in [0.15, 0.2) is 152 Å². The number of rotatable bonds is 7. The number of para-hydroxylation sites is 3. The fraction of sp³-hybridized carbons (Fsp3) is 0.125. The van der Waals surface area contributed by atoms with E-state index >= 15 is 0 Å². The molecule has 0 aliphatic rings. The van der Waals surface area contributed by atoms with Crippen LogP contribution in [0.5, 0.6) is 0 Å². The van der Waals surface area contributed by atoms with Gasteiger partial charge in [0.05, 0.1) is 33.3 Å². The first-order chi connectivity index (χ1) is 26.2. The summed E-state index contributed by atoms with van der Waals surface area (Å²) >= 11 is 1.81. The normalized spacial score (nSPS) is 12.6. The summed E-state index contributed by atoms with van der Waals surface area (Å²) in [6, 6.07) is 55.1. The molecule has 0 atom stereocenters. The van der Waals surface area contributed by atoms with E-state index in [9.17, 15) is 5.11 Å². The van der Waals surface area contributed by atoms with Crippen molar-refractivity contribution in [3.63, 3.8) is 0 Å². The number of aromatic nitrogens is 2. The Morgan fingerprint density at radius 2 is 1.17 bits per heavy atom. The molecule has 10 aromatic rings. The minimum absolute atomic E-state index is 0.385. The maximum Gasteiger partial charge on any atom is 0.310 e. The van der Waals surface area contributed by atoms with Crippen LogP contribution < -0.4 is 5.46 Å². The number of nitrogens with zero attached hydrogens (tertiary/aromatic N) is 2. The van der Waals surface area contributed by atoms with E-state index in [1.807, 2.05) is 39.0 Å². The van der Waals surface area contributed by atoms with Gasteiger partial charge >= 0.3 is 7.48 Å². The van der Waals surface area contributed by atoms with Gasteiger partial charge in [-0.1, -0.05) is 91.0 Å². The number of benzene rings is 7. The summed E-state index contributed by atoms with van der Waals surface area (Å²) in [4.78, 5) is 0. The molecule has 3 aromatic heterocycles. The Labute approximate surface area is 318 Å². The van der Waals surface area contributed by atoms with E-state index < -0.39 is 11.2 Å².